The minimum Gasteiger partial charge on any atom is -0.381 e. The predicted molar refractivity (Wildman–Crippen MR) is 76.5 cm³/mol. The molecule has 1 amide bonds. The van der Waals surface area contributed by atoms with E-state index in [0.717, 1.165) is 19.4 Å². The van der Waals surface area contributed by atoms with Crippen LogP contribution in [0.15, 0.2) is 18.2 Å². The van der Waals surface area contributed by atoms with Gasteiger partial charge in [0.25, 0.3) is 11.6 Å². The van der Waals surface area contributed by atoms with Crippen molar-refractivity contribution in [3.63, 3.8) is 0 Å². The van der Waals surface area contributed by atoms with Gasteiger partial charge in [-0.15, -0.1) is 0 Å². The lowest BCUT2D eigenvalue weighted by Crippen LogP contribution is -2.32. The summed E-state index contributed by atoms with van der Waals surface area (Å²) >= 11 is 5.88. The van der Waals surface area contributed by atoms with Gasteiger partial charge in [-0.3, -0.25) is 14.9 Å². The fraction of sp³-hybridized carbons (Fsp3) is 0.500. The molecule has 6 nitrogen and oxygen atoms in total. The molecule has 0 radical (unpaired) electrons. The molecule has 3 rings (SSSR count). The molecule has 1 atom stereocenters. The summed E-state index contributed by atoms with van der Waals surface area (Å²) < 4.78 is 5.43. The summed E-state index contributed by atoms with van der Waals surface area (Å²) in [6.07, 6.45) is 1.82. The molecule has 2 aliphatic heterocycles. The van der Waals surface area contributed by atoms with Crippen LogP contribution >= 0.6 is 11.6 Å². The van der Waals surface area contributed by atoms with E-state index >= 15 is 0 Å². The Labute approximate surface area is 126 Å². The number of rotatable bonds is 2. The van der Waals surface area contributed by atoms with Crippen LogP contribution in [0.4, 0.5) is 5.69 Å². The fourth-order valence-electron chi connectivity index (χ4n) is 3.09. The van der Waals surface area contributed by atoms with Gasteiger partial charge in [0.15, 0.2) is 0 Å². The standard InChI is InChI=1S/C14H15ClN2O4/c15-10-1-2-12(17(19)20)11(7-10)13(18)16-5-3-14(8-16)4-6-21-9-14/h1-2,7H,3-6,8-9H2. The van der Waals surface area contributed by atoms with E-state index in [9.17, 15) is 14.9 Å². The van der Waals surface area contributed by atoms with Gasteiger partial charge in [-0.1, -0.05) is 11.6 Å². The van der Waals surface area contributed by atoms with E-state index in [1.165, 1.54) is 18.2 Å². The first-order valence-electron chi connectivity index (χ1n) is 6.82. The normalized spacial score (nSPS) is 24.7. The number of carbonyl (C=O) groups is 1. The van der Waals surface area contributed by atoms with Crippen LogP contribution in [0.3, 0.4) is 0 Å². The molecule has 2 aliphatic rings. The van der Waals surface area contributed by atoms with E-state index in [0.29, 0.717) is 24.7 Å². The molecular formula is C14H15ClN2O4. The lowest BCUT2D eigenvalue weighted by atomic mass is 9.87. The molecule has 1 aromatic carbocycles. The maximum Gasteiger partial charge on any atom is 0.282 e. The van der Waals surface area contributed by atoms with Crippen molar-refractivity contribution in [3.05, 3.63) is 38.9 Å². The van der Waals surface area contributed by atoms with Crippen molar-refractivity contribution < 1.29 is 14.5 Å². The first-order chi connectivity index (χ1) is 10.0. The molecule has 1 aromatic rings. The monoisotopic (exact) mass is 310 g/mol. The summed E-state index contributed by atoms with van der Waals surface area (Å²) in [5, 5.41) is 11.4. The topological polar surface area (TPSA) is 72.7 Å². The van der Waals surface area contributed by atoms with Gasteiger partial charge in [-0.2, -0.15) is 0 Å². The first-order valence-corrected chi connectivity index (χ1v) is 7.20. The minimum atomic E-state index is -0.548. The number of nitro benzene ring substituents is 1. The first kappa shape index (κ1) is 14.3. The maximum atomic E-state index is 12.6. The molecule has 0 aromatic heterocycles. The third-order valence-electron chi connectivity index (χ3n) is 4.30. The zero-order valence-electron chi connectivity index (χ0n) is 11.4. The van der Waals surface area contributed by atoms with Crippen LogP contribution in [-0.4, -0.2) is 42.0 Å². The van der Waals surface area contributed by atoms with E-state index in [1.807, 2.05) is 0 Å². The Hall–Kier alpha value is -1.66. The molecule has 0 bridgehead atoms. The predicted octanol–water partition coefficient (Wildman–Crippen LogP) is 2.50. The van der Waals surface area contributed by atoms with Crippen molar-refractivity contribution in [2.24, 2.45) is 5.41 Å². The number of amides is 1. The molecule has 112 valence electrons. The average Bonchev–Trinajstić information content (AvgIpc) is 3.08. The molecule has 1 spiro atoms. The van der Waals surface area contributed by atoms with Gasteiger partial charge in [-0.25, -0.2) is 0 Å². The number of hydrogen-bond donors (Lipinski definition) is 0. The van der Waals surface area contributed by atoms with Crippen LogP contribution < -0.4 is 0 Å². The molecule has 21 heavy (non-hydrogen) atoms. The third-order valence-corrected chi connectivity index (χ3v) is 4.53. The number of likely N-dealkylation sites (tertiary alicyclic amines) is 1. The molecule has 2 heterocycles. The SMILES string of the molecule is O=C(c1cc(Cl)ccc1[N+](=O)[O-])N1CCC2(CCOC2)C1. The molecular weight excluding hydrogens is 296 g/mol. The third kappa shape index (κ3) is 2.61. The van der Waals surface area contributed by atoms with Crippen molar-refractivity contribution in [2.45, 2.75) is 12.8 Å². The summed E-state index contributed by atoms with van der Waals surface area (Å²) in [6, 6.07) is 4.07. The summed E-state index contributed by atoms with van der Waals surface area (Å²) in [6.45, 7) is 2.58. The molecule has 0 aliphatic carbocycles. The zero-order valence-corrected chi connectivity index (χ0v) is 12.1. The van der Waals surface area contributed by atoms with Crippen LogP contribution in [0.25, 0.3) is 0 Å². The van der Waals surface area contributed by atoms with E-state index in [2.05, 4.69) is 0 Å². The second-order valence-corrected chi connectivity index (χ2v) is 6.13. The quantitative estimate of drug-likeness (QED) is 0.621. The molecule has 7 heteroatoms. The van der Waals surface area contributed by atoms with E-state index in [4.69, 9.17) is 16.3 Å². The van der Waals surface area contributed by atoms with Crippen molar-refractivity contribution in [1.82, 2.24) is 4.90 Å². The van der Waals surface area contributed by atoms with Crippen LogP contribution in [0.1, 0.15) is 23.2 Å². The van der Waals surface area contributed by atoms with Crippen LogP contribution in [0.2, 0.25) is 5.02 Å². The smallest absolute Gasteiger partial charge is 0.282 e. The molecule has 0 saturated carbocycles. The Morgan fingerprint density at radius 3 is 2.90 bits per heavy atom. The number of benzene rings is 1. The summed E-state index contributed by atoms with van der Waals surface area (Å²) in [7, 11) is 0. The Balaban J connectivity index is 1.86. The average molecular weight is 311 g/mol. The highest BCUT2D eigenvalue weighted by Crippen LogP contribution is 2.39. The van der Waals surface area contributed by atoms with Crippen LogP contribution in [0, 0.1) is 15.5 Å². The van der Waals surface area contributed by atoms with Gasteiger partial charge in [-0.05, 0) is 25.0 Å². The lowest BCUT2D eigenvalue weighted by Gasteiger charge is -2.22. The number of ether oxygens (including phenoxy) is 1. The molecule has 0 N–H and O–H groups in total. The largest absolute Gasteiger partial charge is 0.381 e. The summed E-state index contributed by atoms with van der Waals surface area (Å²) in [5.74, 6) is -0.326. The van der Waals surface area contributed by atoms with E-state index in [1.54, 1.807) is 4.90 Å². The Bertz CT molecular complexity index is 599. The number of nitrogens with zero attached hydrogens (tertiary/aromatic N) is 2. The second-order valence-electron chi connectivity index (χ2n) is 5.70. The highest BCUT2D eigenvalue weighted by molar-refractivity contribution is 6.31. The van der Waals surface area contributed by atoms with Crippen LogP contribution in [-0.2, 0) is 4.74 Å². The van der Waals surface area contributed by atoms with Gasteiger partial charge in [0.1, 0.15) is 5.56 Å². The summed E-state index contributed by atoms with van der Waals surface area (Å²) in [4.78, 5) is 24.8. The molecule has 2 saturated heterocycles. The van der Waals surface area contributed by atoms with Gasteiger partial charge in [0, 0.05) is 36.2 Å². The molecule has 1 unspecified atom stereocenters. The van der Waals surface area contributed by atoms with Crippen molar-refractivity contribution in [1.29, 1.82) is 0 Å². The van der Waals surface area contributed by atoms with Gasteiger partial charge in [0.2, 0.25) is 0 Å². The van der Waals surface area contributed by atoms with Crippen molar-refractivity contribution >= 4 is 23.2 Å². The number of hydrogen-bond acceptors (Lipinski definition) is 4. The summed E-state index contributed by atoms with van der Waals surface area (Å²) in [5.41, 5.74) is -0.111. The highest BCUT2D eigenvalue weighted by Gasteiger charge is 2.43. The highest BCUT2D eigenvalue weighted by atomic mass is 35.5. The Kier molecular flexibility index (Phi) is 3.59. The fourth-order valence-corrected chi connectivity index (χ4v) is 3.26. The molecule has 2 fully saturated rings. The van der Waals surface area contributed by atoms with Crippen molar-refractivity contribution in [2.75, 3.05) is 26.3 Å². The van der Waals surface area contributed by atoms with Crippen LogP contribution in [0.5, 0.6) is 0 Å². The second kappa shape index (κ2) is 5.27. The number of halogens is 1. The lowest BCUT2D eigenvalue weighted by molar-refractivity contribution is -0.385. The Morgan fingerprint density at radius 2 is 2.24 bits per heavy atom. The Morgan fingerprint density at radius 1 is 1.43 bits per heavy atom. The number of nitro groups is 1. The maximum absolute atomic E-state index is 12.6. The van der Waals surface area contributed by atoms with E-state index in [-0.39, 0.29) is 22.6 Å². The minimum absolute atomic E-state index is 0.0308. The van der Waals surface area contributed by atoms with Crippen molar-refractivity contribution in [3.8, 4) is 0 Å². The van der Waals surface area contributed by atoms with E-state index < -0.39 is 4.92 Å². The van der Waals surface area contributed by atoms with Gasteiger partial charge < -0.3 is 9.64 Å². The van der Waals surface area contributed by atoms with Gasteiger partial charge in [0.05, 0.1) is 11.5 Å². The number of carbonyl (C=O) groups excluding carboxylic acids is 1. The van der Waals surface area contributed by atoms with Gasteiger partial charge >= 0.3 is 0 Å². The zero-order chi connectivity index (χ0) is 15.0.